The van der Waals surface area contributed by atoms with Crippen molar-refractivity contribution in [2.24, 2.45) is 0 Å². The minimum atomic E-state index is -4.63. The summed E-state index contributed by atoms with van der Waals surface area (Å²) in [5.41, 5.74) is -0.837. The predicted octanol–water partition coefficient (Wildman–Crippen LogP) is 3.46. The summed E-state index contributed by atoms with van der Waals surface area (Å²) in [6.45, 7) is 0. The van der Waals surface area contributed by atoms with Crippen LogP contribution >= 0.6 is 0 Å². The van der Waals surface area contributed by atoms with E-state index >= 15 is 0 Å². The maximum absolute atomic E-state index is 12.9. The molecule has 0 aliphatic heterocycles. The van der Waals surface area contributed by atoms with Crippen molar-refractivity contribution in [3.63, 3.8) is 0 Å². The number of anilines is 2. The molecule has 0 aromatic heterocycles. The third kappa shape index (κ3) is 5.56. The molecular weight excluding hydrogens is 365 g/mol. The van der Waals surface area contributed by atoms with Crippen molar-refractivity contribution in [1.29, 1.82) is 0 Å². The number of para-hydroxylation sites is 1. The van der Waals surface area contributed by atoms with Gasteiger partial charge in [-0.2, -0.15) is 13.2 Å². The van der Waals surface area contributed by atoms with Gasteiger partial charge in [0.05, 0.1) is 23.9 Å². The molecule has 2 aromatic carbocycles. The van der Waals surface area contributed by atoms with Crippen molar-refractivity contribution in [2.75, 3.05) is 17.7 Å². The Morgan fingerprint density at radius 3 is 2.11 bits per heavy atom. The van der Waals surface area contributed by atoms with Gasteiger partial charge in [-0.3, -0.25) is 9.59 Å². The van der Waals surface area contributed by atoms with Crippen molar-refractivity contribution in [3.05, 3.63) is 59.7 Å². The molecule has 0 bridgehead atoms. The van der Waals surface area contributed by atoms with Crippen LogP contribution in [0.4, 0.5) is 24.5 Å². The van der Waals surface area contributed by atoms with Gasteiger partial charge in [-0.15, -0.1) is 0 Å². The van der Waals surface area contributed by atoms with E-state index in [2.05, 4.69) is 15.4 Å². The van der Waals surface area contributed by atoms with E-state index in [0.717, 1.165) is 12.1 Å². The smallest absolute Gasteiger partial charge is 0.418 e. The average molecular weight is 380 g/mol. The van der Waals surface area contributed by atoms with Crippen LogP contribution < -0.4 is 10.6 Å². The van der Waals surface area contributed by atoms with Crippen molar-refractivity contribution in [1.82, 2.24) is 0 Å². The maximum atomic E-state index is 12.9. The molecule has 0 heterocycles. The van der Waals surface area contributed by atoms with Crippen LogP contribution in [0.3, 0.4) is 0 Å². The number of hydrogen-bond acceptors (Lipinski definition) is 4. The number of amides is 2. The Hall–Kier alpha value is -3.36. The molecule has 2 amide bonds. The molecule has 9 heteroatoms. The first-order valence-corrected chi connectivity index (χ1v) is 7.65. The number of benzene rings is 2. The van der Waals surface area contributed by atoms with Gasteiger partial charge in [0.1, 0.15) is 6.42 Å². The first-order chi connectivity index (χ1) is 12.7. The molecular formula is C18H15F3N2O4. The predicted molar refractivity (Wildman–Crippen MR) is 91.1 cm³/mol. The summed E-state index contributed by atoms with van der Waals surface area (Å²) in [5, 5.41) is 4.50. The van der Waals surface area contributed by atoms with E-state index in [-0.39, 0.29) is 5.56 Å². The lowest BCUT2D eigenvalue weighted by molar-refractivity contribution is -0.137. The minimum Gasteiger partial charge on any atom is -0.465 e. The van der Waals surface area contributed by atoms with Crippen molar-refractivity contribution < 1.29 is 32.3 Å². The monoisotopic (exact) mass is 380 g/mol. The molecule has 27 heavy (non-hydrogen) atoms. The average Bonchev–Trinajstić information content (AvgIpc) is 2.61. The lowest BCUT2D eigenvalue weighted by Gasteiger charge is -2.13. The summed E-state index contributed by atoms with van der Waals surface area (Å²) in [6.07, 6.45) is -5.31. The molecule has 0 radical (unpaired) electrons. The van der Waals surface area contributed by atoms with Crippen LogP contribution in [0.1, 0.15) is 22.3 Å². The van der Waals surface area contributed by atoms with E-state index in [1.54, 1.807) is 0 Å². The molecule has 0 unspecified atom stereocenters. The number of carbonyl (C=O) groups excluding carboxylic acids is 3. The van der Waals surface area contributed by atoms with Crippen LogP contribution in [-0.4, -0.2) is 24.9 Å². The van der Waals surface area contributed by atoms with Gasteiger partial charge in [-0.05, 0) is 36.4 Å². The first kappa shape index (κ1) is 20.0. The highest BCUT2D eigenvalue weighted by atomic mass is 19.4. The molecule has 2 aromatic rings. The number of esters is 1. The van der Waals surface area contributed by atoms with Gasteiger partial charge in [0.15, 0.2) is 0 Å². The molecule has 6 nitrogen and oxygen atoms in total. The van der Waals surface area contributed by atoms with Crippen LogP contribution in [0, 0.1) is 0 Å². The largest absolute Gasteiger partial charge is 0.465 e. The van der Waals surface area contributed by atoms with Gasteiger partial charge in [0.2, 0.25) is 11.8 Å². The highest BCUT2D eigenvalue weighted by Gasteiger charge is 2.33. The molecule has 2 rings (SSSR count). The molecule has 0 aliphatic rings. The van der Waals surface area contributed by atoms with Gasteiger partial charge in [0.25, 0.3) is 0 Å². The van der Waals surface area contributed by atoms with Gasteiger partial charge >= 0.3 is 12.1 Å². The van der Waals surface area contributed by atoms with Crippen molar-refractivity contribution >= 4 is 29.2 Å². The van der Waals surface area contributed by atoms with Crippen LogP contribution in [-0.2, 0) is 20.5 Å². The summed E-state index contributed by atoms with van der Waals surface area (Å²) in [5.74, 6) is -2.16. The second kappa shape index (κ2) is 8.35. The van der Waals surface area contributed by atoms with Gasteiger partial charge in [-0.25, -0.2) is 4.79 Å². The Balaban J connectivity index is 1.97. The van der Waals surface area contributed by atoms with E-state index in [0.29, 0.717) is 5.69 Å². The van der Waals surface area contributed by atoms with Crippen LogP contribution in [0.25, 0.3) is 0 Å². The third-order valence-electron chi connectivity index (χ3n) is 3.42. The fourth-order valence-corrected chi connectivity index (χ4v) is 2.19. The molecule has 0 saturated heterocycles. The molecule has 0 fully saturated rings. The topological polar surface area (TPSA) is 84.5 Å². The van der Waals surface area contributed by atoms with E-state index in [4.69, 9.17) is 0 Å². The lowest BCUT2D eigenvalue weighted by atomic mass is 10.1. The molecule has 2 N–H and O–H groups in total. The number of halogens is 3. The Labute approximate surface area is 152 Å². The molecule has 0 spiro atoms. The normalized spacial score (nSPS) is 10.8. The highest BCUT2D eigenvalue weighted by molar-refractivity contribution is 6.08. The quantitative estimate of drug-likeness (QED) is 0.615. The second-order valence-corrected chi connectivity index (χ2v) is 5.39. The molecule has 0 saturated carbocycles. The van der Waals surface area contributed by atoms with E-state index in [9.17, 15) is 27.6 Å². The van der Waals surface area contributed by atoms with Gasteiger partial charge in [-0.1, -0.05) is 12.1 Å². The Morgan fingerprint density at radius 1 is 0.926 bits per heavy atom. The standard InChI is InChI=1S/C18H15F3N2O4/c1-27-17(26)11-6-8-12(9-7-11)22-15(24)10-16(25)23-14-5-3-2-4-13(14)18(19,20)21/h2-9H,10H2,1H3,(H,22,24)(H,23,25). The van der Waals surface area contributed by atoms with E-state index < -0.39 is 41.6 Å². The number of carbonyl (C=O) groups is 3. The van der Waals surface area contributed by atoms with Crippen molar-refractivity contribution in [3.8, 4) is 0 Å². The number of hydrogen-bond donors (Lipinski definition) is 2. The zero-order chi connectivity index (χ0) is 20.0. The third-order valence-corrected chi connectivity index (χ3v) is 3.42. The maximum Gasteiger partial charge on any atom is 0.418 e. The van der Waals surface area contributed by atoms with E-state index in [1.807, 2.05) is 0 Å². The first-order valence-electron chi connectivity index (χ1n) is 7.65. The minimum absolute atomic E-state index is 0.275. The summed E-state index contributed by atoms with van der Waals surface area (Å²) < 4.78 is 43.2. The fraction of sp³-hybridized carbons (Fsp3) is 0.167. The zero-order valence-electron chi connectivity index (χ0n) is 14.1. The Bertz CT molecular complexity index is 848. The van der Waals surface area contributed by atoms with Crippen LogP contribution in [0.5, 0.6) is 0 Å². The second-order valence-electron chi connectivity index (χ2n) is 5.39. The van der Waals surface area contributed by atoms with Gasteiger partial charge < -0.3 is 15.4 Å². The molecule has 142 valence electrons. The summed E-state index contributed by atoms with van der Waals surface area (Å²) in [4.78, 5) is 35.1. The number of nitrogens with one attached hydrogen (secondary N) is 2. The number of alkyl halides is 3. The molecule has 0 atom stereocenters. The fourth-order valence-electron chi connectivity index (χ4n) is 2.19. The summed E-state index contributed by atoms with van der Waals surface area (Å²) in [7, 11) is 1.23. The Morgan fingerprint density at radius 2 is 1.52 bits per heavy atom. The van der Waals surface area contributed by atoms with Crippen molar-refractivity contribution in [2.45, 2.75) is 12.6 Å². The number of methoxy groups -OCH3 is 1. The highest BCUT2D eigenvalue weighted by Crippen LogP contribution is 2.34. The summed E-state index contributed by atoms with van der Waals surface area (Å²) >= 11 is 0. The number of ether oxygens (including phenoxy) is 1. The molecule has 0 aliphatic carbocycles. The van der Waals surface area contributed by atoms with E-state index in [1.165, 1.54) is 43.5 Å². The SMILES string of the molecule is COC(=O)c1ccc(NC(=O)CC(=O)Nc2ccccc2C(F)(F)F)cc1. The van der Waals surface area contributed by atoms with Crippen LogP contribution in [0.15, 0.2) is 48.5 Å². The van der Waals surface area contributed by atoms with Gasteiger partial charge in [0, 0.05) is 5.69 Å². The van der Waals surface area contributed by atoms with Crippen LogP contribution in [0.2, 0.25) is 0 Å². The summed E-state index contributed by atoms with van der Waals surface area (Å²) in [6, 6.07) is 10.2. The Kier molecular flexibility index (Phi) is 6.17. The lowest BCUT2D eigenvalue weighted by Crippen LogP contribution is -2.22. The number of rotatable bonds is 5. The zero-order valence-corrected chi connectivity index (χ0v) is 14.1.